The average molecular weight is 459 g/mol. The van der Waals surface area contributed by atoms with Crippen molar-refractivity contribution < 1.29 is 19.7 Å². The number of hydrogen-bond acceptors (Lipinski definition) is 6. The van der Waals surface area contributed by atoms with E-state index >= 15 is 0 Å². The lowest BCUT2D eigenvalue weighted by Crippen LogP contribution is -2.36. The van der Waals surface area contributed by atoms with Crippen LogP contribution in [0.4, 0.5) is 5.69 Å². The second kappa shape index (κ2) is 14.1. The zero-order valence-electron chi connectivity index (χ0n) is 20.8. The van der Waals surface area contributed by atoms with E-state index in [0.29, 0.717) is 13.0 Å². The van der Waals surface area contributed by atoms with Gasteiger partial charge in [0, 0.05) is 20.1 Å². The SMILES string of the molecule is C/C=C\NC1CC=C(C2CC(O)CC(C)O2)C=C1Cc1ccc2c(c1)NCCO2.CC.CO. The third-order valence-corrected chi connectivity index (χ3v) is 5.84. The molecule has 1 aromatic rings. The van der Waals surface area contributed by atoms with Crippen LogP contribution in [0.15, 0.2) is 53.8 Å². The van der Waals surface area contributed by atoms with E-state index in [9.17, 15) is 5.11 Å². The minimum absolute atomic E-state index is 0.0231. The molecule has 6 nitrogen and oxygen atoms in total. The Morgan fingerprint density at radius 2 is 2.00 bits per heavy atom. The normalized spacial score (nSPS) is 26.2. The molecular formula is C27H42N2O4. The van der Waals surface area contributed by atoms with Gasteiger partial charge in [-0.25, -0.2) is 0 Å². The number of nitrogens with one attached hydrogen (secondary N) is 2. The van der Waals surface area contributed by atoms with Crippen molar-refractivity contribution in [2.45, 2.75) is 77.7 Å². The highest BCUT2D eigenvalue weighted by molar-refractivity contribution is 5.59. The smallest absolute Gasteiger partial charge is 0.142 e. The second-order valence-electron chi connectivity index (χ2n) is 8.22. The minimum atomic E-state index is -0.285. The van der Waals surface area contributed by atoms with E-state index in [4.69, 9.17) is 14.6 Å². The third-order valence-electron chi connectivity index (χ3n) is 5.84. The summed E-state index contributed by atoms with van der Waals surface area (Å²) in [6, 6.07) is 6.68. The highest BCUT2D eigenvalue weighted by atomic mass is 16.5. The number of allylic oxidation sites excluding steroid dienone is 1. The minimum Gasteiger partial charge on any atom is -0.490 e. The third kappa shape index (κ3) is 7.63. The molecular weight excluding hydrogens is 416 g/mol. The van der Waals surface area contributed by atoms with Crippen molar-refractivity contribution in [1.29, 1.82) is 0 Å². The van der Waals surface area contributed by atoms with Crippen molar-refractivity contribution >= 4 is 5.69 Å². The van der Waals surface area contributed by atoms with Gasteiger partial charge in [-0.1, -0.05) is 38.1 Å². The predicted octanol–water partition coefficient (Wildman–Crippen LogP) is 4.34. The van der Waals surface area contributed by atoms with Gasteiger partial charge in [-0.15, -0.1) is 0 Å². The summed E-state index contributed by atoms with van der Waals surface area (Å²) in [7, 11) is 1.00. The molecule has 1 aliphatic carbocycles. The maximum atomic E-state index is 10.2. The first-order valence-corrected chi connectivity index (χ1v) is 12.2. The van der Waals surface area contributed by atoms with Gasteiger partial charge in [-0.2, -0.15) is 0 Å². The van der Waals surface area contributed by atoms with Crippen LogP contribution in [0.5, 0.6) is 5.75 Å². The number of rotatable bonds is 5. The highest BCUT2D eigenvalue weighted by Gasteiger charge is 2.29. The predicted molar refractivity (Wildman–Crippen MR) is 136 cm³/mol. The standard InChI is InChI=1S/C24H32N2O3.C2H6.CH4O/c1-3-8-25-21-6-5-18(24-15-20(27)11-16(2)29-24)14-19(21)12-17-4-7-23-22(13-17)26-9-10-28-23;2*1-2/h3-5,7-8,13-14,16,20-21,24-27H,6,9-12,15H2,1-2H3;1-2H3;2H,1H3/b8-3-;;. The van der Waals surface area contributed by atoms with Crippen LogP contribution in [0.2, 0.25) is 0 Å². The van der Waals surface area contributed by atoms with Gasteiger partial charge in [-0.3, -0.25) is 0 Å². The molecule has 1 fully saturated rings. The molecule has 0 radical (unpaired) electrons. The number of benzene rings is 1. The molecule has 0 spiro atoms. The topological polar surface area (TPSA) is 83.0 Å². The number of hydrogen-bond donors (Lipinski definition) is 4. The van der Waals surface area contributed by atoms with E-state index in [2.05, 4.69) is 41.0 Å². The van der Waals surface area contributed by atoms with E-state index in [0.717, 1.165) is 44.4 Å². The molecule has 4 atom stereocenters. The van der Waals surface area contributed by atoms with Crippen LogP contribution in [-0.4, -0.2) is 54.8 Å². The molecule has 1 saturated heterocycles. The summed E-state index contributed by atoms with van der Waals surface area (Å²) in [6.45, 7) is 9.62. The van der Waals surface area contributed by atoms with Gasteiger partial charge >= 0.3 is 0 Å². The van der Waals surface area contributed by atoms with Crippen molar-refractivity contribution in [3.63, 3.8) is 0 Å². The van der Waals surface area contributed by atoms with Crippen molar-refractivity contribution in [3.05, 3.63) is 59.3 Å². The molecule has 0 saturated carbocycles. The van der Waals surface area contributed by atoms with Crippen LogP contribution < -0.4 is 15.4 Å². The van der Waals surface area contributed by atoms with Crippen molar-refractivity contribution in [1.82, 2.24) is 5.32 Å². The van der Waals surface area contributed by atoms with Gasteiger partial charge in [0.2, 0.25) is 0 Å². The van der Waals surface area contributed by atoms with Gasteiger partial charge < -0.3 is 30.3 Å². The molecule has 0 aromatic heterocycles. The summed E-state index contributed by atoms with van der Waals surface area (Å²) in [4.78, 5) is 0. The molecule has 6 heteroatoms. The molecule has 0 bridgehead atoms. The van der Waals surface area contributed by atoms with Gasteiger partial charge in [-0.05, 0) is 68.2 Å². The number of ether oxygens (including phenoxy) is 2. The Morgan fingerprint density at radius 1 is 1.21 bits per heavy atom. The Morgan fingerprint density at radius 3 is 2.73 bits per heavy atom. The molecule has 0 amide bonds. The Balaban J connectivity index is 0.000000914. The van der Waals surface area contributed by atoms with Gasteiger partial charge in [0.25, 0.3) is 0 Å². The lowest BCUT2D eigenvalue weighted by molar-refractivity contribution is -0.0707. The number of aliphatic hydroxyl groups excluding tert-OH is 2. The first kappa shape index (κ1) is 27.0. The Labute approximate surface area is 199 Å². The summed E-state index contributed by atoms with van der Waals surface area (Å²) in [6.07, 6.45) is 11.6. The zero-order chi connectivity index (χ0) is 24.2. The molecule has 4 N–H and O–H groups in total. The molecule has 4 unspecified atom stereocenters. The first-order chi connectivity index (χ1) is 16.1. The van der Waals surface area contributed by atoms with Gasteiger partial charge in [0.1, 0.15) is 12.4 Å². The zero-order valence-corrected chi connectivity index (χ0v) is 20.8. The highest BCUT2D eigenvalue weighted by Crippen LogP contribution is 2.33. The maximum absolute atomic E-state index is 10.2. The van der Waals surface area contributed by atoms with E-state index < -0.39 is 0 Å². The van der Waals surface area contributed by atoms with Gasteiger partial charge in [0.15, 0.2) is 0 Å². The van der Waals surface area contributed by atoms with Crippen LogP contribution in [0, 0.1) is 0 Å². The maximum Gasteiger partial charge on any atom is 0.142 e. The lowest BCUT2D eigenvalue weighted by Gasteiger charge is -2.34. The molecule has 3 aliphatic rings. The molecule has 2 heterocycles. The Hall–Kier alpha value is -2.28. The second-order valence-corrected chi connectivity index (χ2v) is 8.22. The summed E-state index contributed by atoms with van der Waals surface area (Å²) >= 11 is 0. The Bertz CT molecular complexity index is 808. The average Bonchev–Trinajstić information content (AvgIpc) is 2.85. The molecule has 1 aromatic carbocycles. The van der Waals surface area contributed by atoms with Crippen molar-refractivity contribution in [2.24, 2.45) is 0 Å². The summed E-state index contributed by atoms with van der Waals surface area (Å²) < 4.78 is 11.9. The Kier molecular flexibility index (Phi) is 11.5. The molecule has 4 rings (SSSR count). The quantitative estimate of drug-likeness (QED) is 0.525. The lowest BCUT2D eigenvalue weighted by atomic mass is 9.86. The monoisotopic (exact) mass is 458 g/mol. The van der Waals surface area contributed by atoms with E-state index in [-0.39, 0.29) is 24.4 Å². The van der Waals surface area contributed by atoms with E-state index in [1.165, 1.54) is 16.7 Å². The number of aliphatic hydroxyl groups is 2. The fourth-order valence-corrected chi connectivity index (χ4v) is 4.43. The fraction of sp³-hybridized carbons (Fsp3) is 0.556. The van der Waals surface area contributed by atoms with Crippen molar-refractivity contribution in [2.75, 3.05) is 25.6 Å². The number of anilines is 1. The molecule has 33 heavy (non-hydrogen) atoms. The molecule has 2 aliphatic heterocycles. The largest absolute Gasteiger partial charge is 0.490 e. The first-order valence-electron chi connectivity index (χ1n) is 12.2. The summed E-state index contributed by atoms with van der Waals surface area (Å²) in [5, 5.41) is 24.1. The van der Waals surface area contributed by atoms with Crippen LogP contribution in [-0.2, 0) is 11.2 Å². The van der Waals surface area contributed by atoms with Gasteiger partial charge in [0.05, 0.1) is 30.0 Å². The van der Waals surface area contributed by atoms with E-state index in [1.54, 1.807) is 0 Å². The summed E-state index contributed by atoms with van der Waals surface area (Å²) in [5.74, 6) is 0.931. The van der Waals surface area contributed by atoms with Crippen LogP contribution in [0.25, 0.3) is 0 Å². The number of fused-ring (bicyclic) bond motifs is 1. The van der Waals surface area contributed by atoms with Crippen LogP contribution in [0.1, 0.15) is 52.5 Å². The van der Waals surface area contributed by atoms with Crippen LogP contribution >= 0.6 is 0 Å². The van der Waals surface area contributed by atoms with E-state index in [1.807, 2.05) is 40.0 Å². The van der Waals surface area contributed by atoms with Crippen molar-refractivity contribution in [3.8, 4) is 5.75 Å². The summed E-state index contributed by atoms with van der Waals surface area (Å²) in [5.41, 5.74) is 4.88. The van der Waals surface area contributed by atoms with Crippen LogP contribution in [0.3, 0.4) is 0 Å². The molecule has 184 valence electrons. The fourth-order valence-electron chi connectivity index (χ4n) is 4.43.